The third-order valence-corrected chi connectivity index (χ3v) is 4.93. The van der Waals surface area contributed by atoms with Gasteiger partial charge in [-0.05, 0) is 60.2 Å². The lowest BCUT2D eigenvalue weighted by Crippen LogP contribution is -2.46. The van der Waals surface area contributed by atoms with Crippen molar-refractivity contribution in [3.63, 3.8) is 0 Å². The first-order chi connectivity index (χ1) is 14.2. The van der Waals surface area contributed by atoms with Crippen LogP contribution in [0, 0.1) is 5.92 Å². The molecule has 8 heteroatoms. The molecule has 0 saturated heterocycles. The Kier molecular flexibility index (Phi) is 8.81. The molecular weight excluding hydrogens is 429 g/mol. The molecule has 0 radical (unpaired) electrons. The molecule has 0 aromatic heterocycles. The highest BCUT2D eigenvalue weighted by molar-refractivity contribution is 6.34. The van der Waals surface area contributed by atoms with E-state index in [-0.39, 0.29) is 18.9 Å². The van der Waals surface area contributed by atoms with E-state index in [0.29, 0.717) is 28.8 Å². The number of ether oxygens (including phenoxy) is 1. The number of rotatable bonds is 10. The molecule has 2 aromatic carbocycles. The van der Waals surface area contributed by atoms with Crippen LogP contribution in [0.5, 0.6) is 5.75 Å². The van der Waals surface area contributed by atoms with Crippen molar-refractivity contribution in [2.75, 3.05) is 6.54 Å². The van der Waals surface area contributed by atoms with Crippen LogP contribution in [0.2, 0.25) is 10.0 Å². The summed E-state index contributed by atoms with van der Waals surface area (Å²) in [6.45, 7) is 4.14. The number of carbonyl (C=O) groups is 2. The zero-order chi connectivity index (χ0) is 22.3. The molecule has 0 spiro atoms. The monoisotopic (exact) mass is 453 g/mol. The summed E-state index contributed by atoms with van der Waals surface area (Å²) in [5.74, 6) is -0.414. The Balaban J connectivity index is 1.96. The Bertz CT molecular complexity index is 850. The van der Waals surface area contributed by atoms with E-state index >= 15 is 0 Å². The van der Waals surface area contributed by atoms with Crippen LogP contribution < -0.4 is 4.74 Å². The molecule has 2 rings (SSSR count). The van der Waals surface area contributed by atoms with Gasteiger partial charge in [0.25, 0.3) is 0 Å². The Morgan fingerprint density at radius 1 is 1.00 bits per heavy atom. The predicted molar refractivity (Wildman–Crippen MR) is 117 cm³/mol. The number of nitrogens with zero attached hydrogens (tertiary/aromatic N) is 1. The van der Waals surface area contributed by atoms with Gasteiger partial charge in [-0.2, -0.15) is 0 Å². The van der Waals surface area contributed by atoms with Crippen LogP contribution in [-0.4, -0.2) is 39.8 Å². The molecule has 2 N–H and O–H groups in total. The summed E-state index contributed by atoms with van der Waals surface area (Å²) in [5, 5.41) is 20.0. The average molecular weight is 454 g/mol. The van der Waals surface area contributed by atoms with Gasteiger partial charge in [-0.15, -0.1) is 0 Å². The van der Waals surface area contributed by atoms with Crippen LogP contribution in [0.1, 0.15) is 31.4 Å². The molecule has 0 aliphatic rings. The number of benzene rings is 2. The summed E-state index contributed by atoms with van der Waals surface area (Å²) < 4.78 is 5.73. The van der Waals surface area contributed by atoms with Crippen molar-refractivity contribution < 1.29 is 24.5 Å². The Morgan fingerprint density at radius 2 is 1.60 bits per heavy atom. The number of hydrogen-bond acceptors (Lipinski definition) is 3. The number of hydrogen-bond donors (Lipinski definition) is 2. The summed E-state index contributed by atoms with van der Waals surface area (Å²) in [5.41, 5.74) is 1.73. The van der Waals surface area contributed by atoms with E-state index in [2.05, 4.69) is 0 Å². The van der Waals surface area contributed by atoms with E-state index in [9.17, 15) is 19.8 Å². The van der Waals surface area contributed by atoms with Gasteiger partial charge in [0.05, 0.1) is 0 Å². The molecule has 30 heavy (non-hydrogen) atoms. The lowest BCUT2D eigenvalue weighted by Gasteiger charge is -2.27. The van der Waals surface area contributed by atoms with Crippen molar-refractivity contribution in [1.82, 2.24) is 4.90 Å². The van der Waals surface area contributed by atoms with Gasteiger partial charge in [0.2, 0.25) is 0 Å². The van der Waals surface area contributed by atoms with Crippen LogP contribution in [-0.2, 0) is 17.8 Å². The van der Waals surface area contributed by atoms with E-state index < -0.39 is 18.1 Å². The van der Waals surface area contributed by atoms with Gasteiger partial charge in [-0.1, -0.05) is 49.2 Å². The van der Waals surface area contributed by atoms with Crippen LogP contribution in [0.15, 0.2) is 42.5 Å². The standard InChI is InChI=1S/C22H25Cl2NO5/c1-14(2)9-20(21(26)27)25(22(28)29)8-7-15-3-5-19(6-4-15)30-13-16-10-17(23)12-18(24)11-16/h3-6,10-12,14,20H,7-9,13H2,1-2H3,(H,26,27)(H,28,29). The summed E-state index contributed by atoms with van der Waals surface area (Å²) in [6.07, 6.45) is -0.566. The summed E-state index contributed by atoms with van der Waals surface area (Å²) in [6, 6.07) is 11.4. The van der Waals surface area contributed by atoms with Gasteiger partial charge in [0, 0.05) is 16.6 Å². The van der Waals surface area contributed by atoms with Gasteiger partial charge in [0.15, 0.2) is 0 Å². The molecule has 1 amide bonds. The molecule has 1 atom stereocenters. The quantitative estimate of drug-likeness (QED) is 0.489. The molecule has 162 valence electrons. The predicted octanol–water partition coefficient (Wildman–Crippen LogP) is 5.59. The maximum Gasteiger partial charge on any atom is 0.408 e. The smallest absolute Gasteiger partial charge is 0.408 e. The molecule has 1 unspecified atom stereocenters. The number of aliphatic carboxylic acids is 1. The fourth-order valence-electron chi connectivity index (χ4n) is 3.06. The summed E-state index contributed by atoms with van der Waals surface area (Å²) in [4.78, 5) is 24.1. The number of halogens is 2. The number of carboxylic acids is 1. The molecule has 0 saturated carbocycles. The van der Waals surface area contributed by atoms with Crippen molar-refractivity contribution in [2.45, 2.75) is 39.3 Å². The SMILES string of the molecule is CC(C)CC(C(=O)O)N(CCc1ccc(OCc2cc(Cl)cc(Cl)c2)cc1)C(=O)O. The summed E-state index contributed by atoms with van der Waals surface area (Å²) in [7, 11) is 0. The number of carboxylic acid groups (broad SMARTS) is 2. The third-order valence-electron chi connectivity index (χ3n) is 4.49. The van der Waals surface area contributed by atoms with Crippen molar-refractivity contribution in [3.05, 3.63) is 63.6 Å². The first kappa shape index (κ1) is 23.8. The molecule has 0 fully saturated rings. The molecule has 0 bridgehead atoms. The average Bonchev–Trinajstić information content (AvgIpc) is 2.65. The fourth-order valence-corrected chi connectivity index (χ4v) is 3.63. The topological polar surface area (TPSA) is 87.1 Å². The molecule has 6 nitrogen and oxygen atoms in total. The Hall–Kier alpha value is -2.44. The summed E-state index contributed by atoms with van der Waals surface area (Å²) >= 11 is 12.0. The maximum atomic E-state index is 11.6. The molecule has 0 aliphatic carbocycles. The third kappa shape index (κ3) is 7.43. The first-order valence-electron chi connectivity index (χ1n) is 9.54. The minimum absolute atomic E-state index is 0.0683. The van der Waals surface area contributed by atoms with E-state index in [4.69, 9.17) is 27.9 Å². The highest BCUT2D eigenvalue weighted by Gasteiger charge is 2.29. The van der Waals surface area contributed by atoms with Crippen LogP contribution in [0.4, 0.5) is 4.79 Å². The number of amides is 1. The largest absolute Gasteiger partial charge is 0.489 e. The lowest BCUT2D eigenvalue weighted by atomic mass is 10.0. The van der Waals surface area contributed by atoms with Crippen molar-refractivity contribution in [2.24, 2.45) is 5.92 Å². The van der Waals surface area contributed by atoms with Crippen molar-refractivity contribution >= 4 is 35.3 Å². The van der Waals surface area contributed by atoms with E-state index in [0.717, 1.165) is 16.0 Å². The molecule has 0 aliphatic heterocycles. The molecule has 2 aromatic rings. The van der Waals surface area contributed by atoms with Crippen LogP contribution in [0.25, 0.3) is 0 Å². The van der Waals surface area contributed by atoms with Gasteiger partial charge in [-0.25, -0.2) is 9.59 Å². The second-order valence-corrected chi connectivity index (χ2v) is 8.29. The van der Waals surface area contributed by atoms with Gasteiger partial charge in [-0.3, -0.25) is 4.90 Å². The van der Waals surface area contributed by atoms with Crippen LogP contribution in [0.3, 0.4) is 0 Å². The normalized spacial score (nSPS) is 11.9. The molecular formula is C22H25Cl2NO5. The maximum absolute atomic E-state index is 11.6. The zero-order valence-corrected chi connectivity index (χ0v) is 18.4. The van der Waals surface area contributed by atoms with Gasteiger partial charge >= 0.3 is 12.1 Å². The van der Waals surface area contributed by atoms with Crippen molar-refractivity contribution in [3.8, 4) is 5.75 Å². The van der Waals surface area contributed by atoms with Crippen molar-refractivity contribution in [1.29, 1.82) is 0 Å². The highest BCUT2D eigenvalue weighted by Crippen LogP contribution is 2.21. The second-order valence-electron chi connectivity index (χ2n) is 7.42. The minimum atomic E-state index is -1.23. The zero-order valence-electron chi connectivity index (χ0n) is 16.8. The van der Waals surface area contributed by atoms with Crippen LogP contribution >= 0.6 is 23.2 Å². The van der Waals surface area contributed by atoms with Gasteiger partial charge in [0.1, 0.15) is 18.4 Å². The Morgan fingerprint density at radius 3 is 2.10 bits per heavy atom. The highest BCUT2D eigenvalue weighted by atomic mass is 35.5. The second kappa shape index (κ2) is 11.1. The first-order valence-corrected chi connectivity index (χ1v) is 10.3. The van der Waals surface area contributed by atoms with E-state index in [1.54, 1.807) is 30.3 Å². The Labute approximate surface area is 186 Å². The minimum Gasteiger partial charge on any atom is -0.489 e. The van der Waals surface area contributed by atoms with E-state index in [1.807, 2.05) is 26.0 Å². The lowest BCUT2D eigenvalue weighted by molar-refractivity contribution is -0.143. The van der Waals surface area contributed by atoms with E-state index in [1.165, 1.54) is 0 Å². The molecule has 0 heterocycles. The van der Waals surface area contributed by atoms with Gasteiger partial charge < -0.3 is 14.9 Å². The fraction of sp³-hybridized carbons (Fsp3) is 0.364.